The Morgan fingerprint density at radius 3 is 2.94 bits per heavy atom. The molecule has 0 spiro atoms. The van der Waals surface area contributed by atoms with Gasteiger partial charge in [0.2, 0.25) is 0 Å². The Morgan fingerprint density at radius 1 is 1.50 bits per heavy atom. The monoisotopic (exact) mass is 250 g/mol. The highest BCUT2D eigenvalue weighted by molar-refractivity contribution is 5.40. The Bertz CT molecular complexity index is 389. The summed E-state index contributed by atoms with van der Waals surface area (Å²) in [6.45, 7) is 4.73. The summed E-state index contributed by atoms with van der Waals surface area (Å²) in [5.74, 6) is 1.57. The van der Waals surface area contributed by atoms with Gasteiger partial charge < -0.3 is 14.7 Å². The van der Waals surface area contributed by atoms with Crippen molar-refractivity contribution in [3.05, 3.63) is 23.4 Å². The van der Waals surface area contributed by atoms with Crippen LogP contribution in [0, 0.1) is 12.8 Å². The van der Waals surface area contributed by atoms with Crippen LogP contribution < -0.4 is 4.90 Å². The maximum Gasteiger partial charge on any atom is 0.128 e. The van der Waals surface area contributed by atoms with Crippen molar-refractivity contribution >= 4 is 5.82 Å². The van der Waals surface area contributed by atoms with Crippen LogP contribution in [0.4, 0.5) is 5.82 Å². The number of aliphatic hydroxyl groups excluding tert-OH is 1. The van der Waals surface area contributed by atoms with E-state index in [1.165, 1.54) is 6.42 Å². The second kappa shape index (κ2) is 6.16. The van der Waals surface area contributed by atoms with Crippen LogP contribution in [0.5, 0.6) is 0 Å². The predicted octanol–water partition coefficient (Wildman–Crippen LogP) is 1.75. The average Bonchev–Trinajstić information content (AvgIpc) is 2.39. The lowest BCUT2D eigenvalue weighted by atomic mass is 10.0. The molecule has 4 heteroatoms. The van der Waals surface area contributed by atoms with Crippen LogP contribution in [-0.4, -0.2) is 36.9 Å². The van der Waals surface area contributed by atoms with Crippen LogP contribution in [0.25, 0.3) is 0 Å². The van der Waals surface area contributed by atoms with Gasteiger partial charge in [-0.05, 0) is 37.3 Å². The molecule has 4 nitrogen and oxygen atoms in total. The molecule has 100 valence electrons. The van der Waals surface area contributed by atoms with E-state index in [1.807, 2.05) is 19.1 Å². The van der Waals surface area contributed by atoms with Gasteiger partial charge in [-0.2, -0.15) is 0 Å². The Morgan fingerprint density at radius 2 is 2.33 bits per heavy atom. The third-order valence-corrected chi connectivity index (χ3v) is 3.53. The first-order valence-electron chi connectivity index (χ1n) is 6.57. The van der Waals surface area contributed by atoms with Gasteiger partial charge in [-0.25, -0.2) is 4.98 Å². The summed E-state index contributed by atoms with van der Waals surface area (Å²) in [5, 5.41) is 9.14. The summed E-state index contributed by atoms with van der Waals surface area (Å²) in [7, 11) is 2.06. The zero-order valence-electron chi connectivity index (χ0n) is 11.2. The van der Waals surface area contributed by atoms with Gasteiger partial charge in [0.15, 0.2) is 0 Å². The van der Waals surface area contributed by atoms with E-state index in [0.717, 1.165) is 43.3 Å². The van der Waals surface area contributed by atoms with Crippen molar-refractivity contribution in [1.82, 2.24) is 4.98 Å². The average molecular weight is 250 g/mol. The largest absolute Gasteiger partial charge is 0.392 e. The lowest BCUT2D eigenvalue weighted by molar-refractivity contribution is 0.0576. The van der Waals surface area contributed by atoms with Crippen LogP contribution in [0.2, 0.25) is 0 Å². The SMILES string of the molecule is Cc1nc(N(C)CC2CCCOC2)ccc1CO. The van der Waals surface area contributed by atoms with Crippen molar-refractivity contribution < 1.29 is 9.84 Å². The molecule has 0 amide bonds. The third-order valence-electron chi connectivity index (χ3n) is 3.53. The van der Waals surface area contributed by atoms with Gasteiger partial charge in [-0.3, -0.25) is 0 Å². The van der Waals surface area contributed by atoms with Crippen LogP contribution in [0.15, 0.2) is 12.1 Å². The molecule has 1 saturated heterocycles. The van der Waals surface area contributed by atoms with Gasteiger partial charge in [0, 0.05) is 25.9 Å². The number of anilines is 1. The van der Waals surface area contributed by atoms with Gasteiger partial charge in [0.05, 0.1) is 13.2 Å². The quantitative estimate of drug-likeness (QED) is 0.884. The van der Waals surface area contributed by atoms with E-state index in [-0.39, 0.29) is 6.61 Å². The highest BCUT2D eigenvalue weighted by Gasteiger charge is 2.16. The van der Waals surface area contributed by atoms with E-state index < -0.39 is 0 Å². The molecule has 2 rings (SSSR count). The second-order valence-electron chi connectivity index (χ2n) is 5.04. The highest BCUT2D eigenvalue weighted by atomic mass is 16.5. The van der Waals surface area contributed by atoms with Gasteiger partial charge >= 0.3 is 0 Å². The molecule has 0 radical (unpaired) electrons. The number of hydrogen-bond donors (Lipinski definition) is 1. The van der Waals surface area contributed by atoms with Crippen molar-refractivity contribution in [3.63, 3.8) is 0 Å². The molecule has 18 heavy (non-hydrogen) atoms. The number of pyridine rings is 1. The van der Waals surface area contributed by atoms with E-state index in [2.05, 4.69) is 16.9 Å². The standard InChI is InChI=1S/C14H22N2O2/c1-11-13(9-17)5-6-14(15-11)16(2)8-12-4-3-7-18-10-12/h5-6,12,17H,3-4,7-10H2,1-2H3. The van der Waals surface area contributed by atoms with E-state index >= 15 is 0 Å². The molecule has 1 fully saturated rings. The zero-order valence-corrected chi connectivity index (χ0v) is 11.2. The molecule has 0 bridgehead atoms. The second-order valence-corrected chi connectivity index (χ2v) is 5.04. The van der Waals surface area contributed by atoms with Gasteiger partial charge in [0.1, 0.15) is 5.82 Å². The summed E-state index contributed by atoms with van der Waals surface area (Å²) in [6.07, 6.45) is 2.40. The first-order valence-corrected chi connectivity index (χ1v) is 6.57. The molecule has 1 aliphatic heterocycles. The summed E-state index contributed by atoms with van der Waals surface area (Å²) < 4.78 is 5.50. The lowest BCUT2D eigenvalue weighted by Gasteiger charge is -2.28. The Kier molecular flexibility index (Phi) is 4.55. The molecule has 1 unspecified atom stereocenters. The Balaban J connectivity index is 1.99. The fourth-order valence-corrected chi connectivity index (χ4v) is 2.39. The number of ether oxygens (including phenoxy) is 1. The maximum absolute atomic E-state index is 9.14. The van der Waals surface area contributed by atoms with Gasteiger partial charge in [0.25, 0.3) is 0 Å². The van der Waals surface area contributed by atoms with Crippen molar-refractivity contribution in [2.45, 2.75) is 26.4 Å². The third kappa shape index (κ3) is 3.21. The van der Waals surface area contributed by atoms with Gasteiger partial charge in [-0.1, -0.05) is 6.07 Å². The molecular formula is C14H22N2O2. The number of aryl methyl sites for hydroxylation is 1. The van der Waals surface area contributed by atoms with E-state index in [4.69, 9.17) is 9.84 Å². The minimum Gasteiger partial charge on any atom is -0.392 e. The summed E-state index contributed by atoms with van der Waals surface area (Å²) >= 11 is 0. The minimum atomic E-state index is 0.0549. The Hall–Kier alpha value is -1.13. The fourth-order valence-electron chi connectivity index (χ4n) is 2.39. The number of hydrogen-bond acceptors (Lipinski definition) is 4. The molecule has 1 aliphatic rings. The minimum absolute atomic E-state index is 0.0549. The lowest BCUT2D eigenvalue weighted by Crippen LogP contribution is -2.31. The number of nitrogens with zero attached hydrogens (tertiary/aromatic N) is 2. The molecule has 0 aliphatic carbocycles. The smallest absolute Gasteiger partial charge is 0.128 e. The van der Waals surface area contributed by atoms with E-state index in [1.54, 1.807) is 0 Å². The topological polar surface area (TPSA) is 45.6 Å². The fraction of sp³-hybridized carbons (Fsp3) is 0.643. The summed E-state index contributed by atoms with van der Waals surface area (Å²) in [4.78, 5) is 6.71. The highest BCUT2D eigenvalue weighted by Crippen LogP contribution is 2.19. The first kappa shape index (κ1) is 13.3. The van der Waals surface area contributed by atoms with E-state index in [9.17, 15) is 0 Å². The molecule has 0 saturated carbocycles. The molecule has 1 atom stereocenters. The molecule has 1 N–H and O–H groups in total. The zero-order chi connectivity index (χ0) is 13.0. The van der Waals surface area contributed by atoms with Crippen molar-refractivity contribution in [2.75, 3.05) is 31.7 Å². The van der Waals surface area contributed by atoms with Crippen LogP contribution in [0.1, 0.15) is 24.1 Å². The normalized spacial score (nSPS) is 19.8. The maximum atomic E-state index is 9.14. The van der Waals surface area contributed by atoms with Gasteiger partial charge in [-0.15, -0.1) is 0 Å². The van der Waals surface area contributed by atoms with Crippen molar-refractivity contribution in [2.24, 2.45) is 5.92 Å². The molecule has 0 aromatic carbocycles. The van der Waals surface area contributed by atoms with Crippen LogP contribution in [-0.2, 0) is 11.3 Å². The number of rotatable bonds is 4. The number of aromatic nitrogens is 1. The molecule has 2 heterocycles. The van der Waals surface area contributed by atoms with Crippen molar-refractivity contribution in [1.29, 1.82) is 0 Å². The molecule has 1 aromatic rings. The Labute approximate surface area is 109 Å². The van der Waals surface area contributed by atoms with Crippen molar-refractivity contribution in [3.8, 4) is 0 Å². The van der Waals surface area contributed by atoms with Crippen LogP contribution >= 0.6 is 0 Å². The predicted molar refractivity (Wildman–Crippen MR) is 71.7 cm³/mol. The molecular weight excluding hydrogens is 228 g/mol. The first-order chi connectivity index (χ1) is 8.70. The summed E-state index contributed by atoms with van der Waals surface area (Å²) in [6, 6.07) is 3.92. The summed E-state index contributed by atoms with van der Waals surface area (Å²) in [5.41, 5.74) is 1.80. The molecule has 1 aromatic heterocycles. The number of aliphatic hydroxyl groups is 1. The van der Waals surface area contributed by atoms with E-state index in [0.29, 0.717) is 5.92 Å². The van der Waals surface area contributed by atoms with Crippen LogP contribution in [0.3, 0.4) is 0 Å².